The second-order valence-electron chi connectivity index (χ2n) is 8.91. The van der Waals surface area contributed by atoms with E-state index in [1.54, 1.807) is 17.0 Å². The standard InChI is InChI=1S/C25H37N3O10S/c1-5-28(6-2)21(27-39(35,36)17-9-7-15(3)8-10-17)11-12-37-19-13-20(25(33)34)38-24(22(19)26-16(4)30)23(32)18(31)14-29/h7-13,18-19,21-24,27,29,31-32H,5-6,14H2,1-4H3,(H,26,30)(H,33,34)/b12-11+/t18-,19+,21?,22-,23-,24-/m1/s1. The van der Waals surface area contributed by atoms with Crippen molar-refractivity contribution in [3.05, 3.63) is 54.0 Å². The number of aryl methyl sites for hydroxylation is 1. The van der Waals surface area contributed by atoms with Gasteiger partial charge in [-0.3, -0.25) is 9.69 Å². The molecule has 39 heavy (non-hydrogen) atoms. The first kappa shape index (κ1) is 32.2. The number of carboxylic acid groups (broad SMARTS) is 1. The summed E-state index contributed by atoms with van der Waals surface area (Å²) in [4.78, 5) is 25.4. The first-order valence-corrected chi connectivity index (χ1v) is 13.8. The minimum absolute atomic E-state index is 0.0722. The lowest BCUT2D eigenvalue weighted by Gasteiger charge is -2.39. The van der Waals surface area contributed by atoms with Gasteiger partial charge in [-0.15, -0.1) is 0 Å². The van der Waals surface area contributed by atoms with E-state index >= 15 is 0 Å². The van der Waals surface area contributed by atoms with Crippen LogP contribution >= 0.6 is 0 Å². The third-order valence-corrected chi connectivity index (χ3v) is 7.54. The number of aliphatic carboxylic acids is 1. The summed E-state index contributed by atoms with van der Waals surface area (Å²) < 4.78 is 39.7. The molecule has 0 saturated heterocycles. The number of aliphatic hydroxyl groups is 3. The van der Waals surface area contributed by atoms with Crippen molar-refractivity contribution in [2.45, 2.75) is 69.2 Å². The molecular formula is C25H37N3O10S. The molecule has 0 saturated carbocycles. The van der Waals surface area contributed by atoms with Crippen LogP contribution in [0.25, 0.3) is 0 Å². The number of ether oxygens (including phenoxy) is 2. The molecule has 0 bridgehead atoms. The molecule has 1 aromatic carbocycles. The van der Waals surface area contributed by atoms with Crippen LogP contribution in [0.5, 0.6) is 0 Å². The van der Waals surface area contributed by atoms with E-state index in [0.29, 0.717) is 13.1 Å². The number of aliphatic hydroxyl groups excluding tert-OH is 3. The van der Waals surface area contributed by atoms with E-state index in [2.05, 4.69) is 10.0 Å². The Morgan fingerprint density at radius 1 is 1.18 bits per heavy atom. The molecule has 0 spiro atoms. The average molecular weight is 572 g/mol. The number of sulfonamides is 1. The highest BCUT2D eigenvalue weighted by Gasteiger charge is 2.44. The number of carbonyl (C=O) groups is 2. The Morgan fingerprint density at radius 3 is 2.31 bits per heavy atom. The van der Waals surface area contributed by atoms with Crippen molar-refractivity contribution in [2.24, 2.45) is 0 Å². The molecule has 14 heteroatoms. The third kappa shape index (κ3) is 8.74. The highest BCUT2D eigenvalue weighted by Crippen LogP contribution is 2.25. The van der Waals surface area contributed by atoms with Crippen LogP contribution in [0.4, 0.5) is 0 Å². The Hall–Kier alpha value is -3.01. The number of likely N-dealkylation sites (N-methyl/N-ethyl adjacent to an activating group) is 1. The summed E-state index contributed by atoms with van der Waals surface area (Å²) in [5.74, 6) is -2.66. The largest absolute Gasteiger partial charge is 0.492 e. The molecule has 1 unspecified atom stereocenters. The second kappa shape index (κ2) is 14.4. The molecule has 2 rings (SSSR count). The van der Waals surface area contributed by atoms with Crippen molar-refractivity contribution in [3.8, 4) is 0 Å². The van der Waals surface area contributed by atoms with Crippen LogP contribution in [0, 0.1) is 6.92 Å². The number of carbonyl (C=O) groups excluding carboxylic acids is 1. The molecule has 0 aromatic heterocycles. The Kier molecular flexibility index (Phi) is 11.9. The lowest BCUT2D eigenvalue weighted by atomic mass is 9.93. The molecule has 1 aromatic rings. The minimum atomic E-state index is -3.93. The van der Waals surface area contributed by atoms with Crippen molar-refractivity contribution in [1.29, 1.82) is 0 Å². The van der Waals surface area contributed by atoms with E-state index in [1.807, 2.05) is 20.8 Å². The van der Waals surface area contributed by atoms with Crippen molar-refractivity contribution in [1.82, 2.24) is 14.9 Å². The summed E-state index contributed by atoms with van der Waals surface area (Å²) in [5.41, 5.74) is 0.899. The molecule has 0 fully saturated rings. The molecular weight excluding hydrogens is 534 g/mol. The topological polar surface area (TPSA) is 195 Å². The fourth-order valence-electron chi connectivity index (χ4n) is 3.96. The van der Waals surface area contributed by atoms with Gasteiger partial charge < -0.3 is 35.2 Å². The molecule has 0 aliphatic carbocycles. The van der Waals surface area contributed by atoms with E-state index in [1.165, 1.54) is 25.1 Å². The number of nitrogens with one attached hydrogen (secondary N) is 2. The summed E-state index contributed by atoms with van der Waals surface area (Å²) in [6.07, 6.45) is -3.38. The van der Waals surface area contributed by atoms with E-state index in [0.717, 1.165) is 17.9 Å². The lowest BCUT2D eigenvalue weighted by molar-refractivity contribution is -0.149. The quantitative estimate of drug-likeness (QED) is 0.124. The van der Waals surface area contributed by atoms with Crippen LogP contribution in [0.1, 0.15) is 26.3 Å². The van der Waals surface area contributed by atoms with Crippen molar-refractivity contribution < 1.29 is 47.9 Å². The van der Waals surface area contributed by atoms with Crippen molar-refractivity contribution in [3.63, 3.8) is 0 Å². The summed E-state index contributed by atoms with van der Waals surface area (Å²) >= 11 is 0. The van der Waals surface area contributed by atoms with Gasteiger partial charge >= 0.3 is 5.97 Å². The number of hydrogen-bond acceptors (Lipinski definition) is 10. The zero-order valence-corrected chi connectivity index (χ0v) is 23.0. The highest BCUT2D eigenvalue weighted by molar-refractivity contribution is 7.89. The Labute approximate surface area is 227 Å². The summed E-state index contributed by atoms with van der Waals surface area (Å²) in [6.45, 7) is 6.82. The van der Waals surface area contributed by atoms with E-state index in [4.69, 9.17) is 9.47 Å². The fraction of sp³-hybridized carbons (Fsp3) is 0.520. The minimum Gasteiger partial charge on any atom is -0.492 e. The number of rotatable bonds is 14. The smallest absolute Gasteiger partial charge is 0.370 e. The average Bonchev–Trinajstić information content (AvgIpc) is 2.88. The maximum atomic E-state index is 13.0. The van der Waals surface area contributed by atoms with Gasteiger partial charge in [0, 0.05) is 13.0 Å². The number of amides is 1. The predicted molar refractivity (Wildman–Crippen MR) is 140 cm³/mol. The monoisotopic (exact) mass is 571 g/mol. The molecule has 1 aliphatic rings. The molecule has 1 heterocycles. The predicted octanol–water partition coefficient (Wildman–Crippen LogP) is -0.574. The number of carboxylic acids is 1. The third-order valence-electron chi connectivity index (χ3n) is 6.09. The second-order valence-corrected chi connectivity index (χ2v) is 10.6. The number of benzene rings is 1. The molecule has 6 N–H and O–H groups in total. The molecule has 0 radical (unpaired) electrons. The van der Waals surface area contributed by atoms with Gasteiger partial charge in [0.05, 0.1) is 23.9 Å². The Balaban J connectivity index is 2.38. The summed E-state index contributed by atoms with van der Waals surface area (Å²) in [5, 5.41) is 41.7. The van der Waals surface area contributed by atoms with Crippen LogP contribution in [0.3, 0.4) is 0 Å². The summed E-state index contributed by atoms with van der Waals surface area (Å²) in [6, 6.07) is 5.15. The summed E-state index contributed by atoms with van der Waals surface area (Å²) in [7, 11) is -3.93. The van der Waals surface area contributed by atoms with Gasteiger partial charge in [0.1, 0.15) is 24.4 Å². The molecule has 1 aliphatic heterocycles. The van der Waals surface area contributed by atoms with Crippen LogP contribution in [0.2, 0.25) is 0 Å². The van der Waals surface area contributed by atoms with E-state index < -0.39 is 70.9 Å². The number of nitrogens with zero attached hydrogens (tertiary/aromatic N) is 1. The zero-order valence-electron chi connectivity index (χ0n) is 22.2. The SMILES string of the molecule is CCN(CC)C(/C=C/O[C@H]1C=C(C(=O)O)O[C@@H]([C@H](O)[C@H](O)CO)[C@@H]1NC(C)=O)NS(=O)(=O)c1ccc(C)cc1. The molecule has 218 valence electrons. The van der Waals surface area contributed by atoms with Gasteiger partial charge in [0.15, 0.2) is 6.10 Å². The van der Waals surface area contributed by atoms with Crippen molar-refractivity contribution >= 4 is 21.9 Å². The maximum Gasteiger partial charge on any atom is 0.370 e. The number of hydrogen-bond donors (Lipinski definition) is 6. The van der Waals surface area contributed by atoms with Crippen LogP contribution in [0.15, 0.2) is 53.3 Å². The van der Waals surface area contributed by atoms with E-state index in [-0.39, 0.29) is 4.90 Å². The van der Waals surface area contributed by atoms with Gasteiger partial charge in [0.25, 0.3) is 0 Å². The first-order chi connectivity index (χ1) is 18.3. The van der Waals surface area contributed by atoms with Crippen molar-refractivity contribution in [2.75, 3.05) is 19.7 Å². The van der Waals surface area contributed by atoms with Gasteiger partial charge in [-0.2, -0.15) is 4.72 Å². The van der Waals surface area contributed by atoms with Gasteiger partial charge in [-0.1, -0.05) is 31.5 Å². The van der Waals surface area contributed by atoms with Gasteiger partial charge in [0.2, 0.25) is 21.7 Å². The van der Waals surface area contributed by atoms with Gasteiger partial charge in [-0.05, 0) is 38.2 Å². The molecule has 1 amide bonds. The lowest BCUT2D eigenvalue weighted by Crippen LogP contribution is -2.60. The van der Waals surface area contributed by atoms with Crippen LogP contribution < -0.4 is 10.0 Å². The molecule has 6 atom stereocenters. The maximum absolute atomic E-state index is 13.0. The van der Waals surface area contributed by atoms with Crippen LogP contribution in [-0.4, -0.2) is 102 Å². The van der Waals surface area contributed by atoms with Crippen LogP contribution in [-0.2, 0) is 29.1 Å². The highest BCUT2D eigenvalue weighted by atomic mass is 32.2. The van der Waals surface area contributed by atoms with Gasteiger partial charge in [-0.25, -0.2) is 13.2 Å². The Bertz CT molecular complexity index is 1140. The first-order valence-electron chi connectivity index (χ1n) is 12.4. The van der Waals surface area contributed by atoms with E-state index in [9.17, 15) is 38.4 Å². The normalized spacial score (nSPS) is 22.1. The molecule has 13 nitrogen and oxygen atoms in total. The fourth-order valence-corrected chi connectivity index (χ4v) is 5.14. The Morgan fingerprint density at radius 2 is 1.79 bits per heavy atom. The zero-order chi connectivity index (χ0) is 29.3.